The van der Waals surface area contributed by atoms with E-state index in [1.807, 2.05) is 0 Å². The van der Waals surface area contributed by atoms with Crippen LogP contribution in [0.5, 0.6) is 5.75 Å². The van der Waals surface area contributed by atoms with Crippen molar-refractivity contribution in [1.29, 1.82) is 0 Å². The largest absolute Gasteiger partial charge is 0.491 e. The Labute approximate surface area is 157 Å². The maximum absolute atomic E-state index is 14.5. The predicted molar refractivity (Wildman–Crippen MR) is 102 cm³/mol. The summed E-state index contributed by atoms with van der Waals surface area (Å²) in [5, 5.41) is 0. The van der Waals surface area contributed by atoms with Crippen LogP contribution in [0.3, 0.4) is 0 Å². The van der Waals surface area contributed by atoms with Crippen LogP contribution in [0.1, 0.15) is 83.1 Å². The van der Waals surface area contributed by atoms with Gasteiger partial charge in [0.1, 0.15) is 0 Å². The first-order valence-corrected chi connectivity index (χ1v) is 10.8. The zero-order chi connectivity index (χ0) is 18.4. The van der Waals surface area contributed by atoms with Crippen LogP contribution in [-0.2, 0) is 6.42 Å². The Balaban J connectivity index is 1.69. The average molecular weight is 365 g/mol. The molecule has 0 aliphatic heterocycles. The van der Waals surface area contributed by atoms with Crippen LogP contribution < -0.4 is 4.74 Å². The van der Waals surface area contributed by atoms with Gasteiger partial charge in [0.05, 0.1) is 6.61 Å². The molecule has 26 heavy (non-hydrogen) atoms. The van der Waals surface area contributed by atoms with Crippen molar-refractivity contribution in [3.05, 3.63) is 29.3 Å². The third kappa shape index (κ3) is 4.78. The summed E-state index contributed by atoms with van der Waals surface area (Å²) in [6.07, 6.45) is 15.1. The number of hydrogen-bond acceptors (Lipinski definition) is 1. The summed E-state index contributed by atoms with van der Waals surface area (Å²) in [6, 6.07) is 3.32. The molecule has 3 heteroatoms. The van der Waals surface area contributed by atoms with Crippen LogP contribution in [0.15, 0.2) is 12.1 Å². The summed E-state index contributed by atoms with van der Waals surface area (Å²) in [4.78, 5) is 0. The van der Waals surface area contributed by atoms with Crippen LogP contribution in [0.25, 0.3) is 0 Å². The van der Waals surface area contributed by atoms with Crippen molar-refractivity contribution in [3.63, 3.8) is 0 Å². The number of ether oxygens (including phenoxy) is 1. The van der Waals surface area contributed by atoms with Crippen molar-refractivity contribution in [2.24, 2.45) is 17.8 Å². The van der Waals surface area contributed by atoms with Crippen LogP contribution in [0.2, 0.25) is 0 Å². The summed E-state index contributed by atoms with van der Waals surface area (Å²) in [7, 11) is 0. The van der Waals surface area contributed by atoms with Gasteiger partial charge in [0, 0.05) is 0 Å². The highest BCUT2D eigenvalue weighted by Gasteiger charge is 2.31. The van der Waals surface area contributed by atoms with E-state index in [2.05, 4.69) is 0 Å². The third-order valence-corrected chi connectivity index (χ3v) is 6.68. The fraction of sp³-hybridized carbons (Fsp3) is 0.739. The van der Waals surface area contributed by atoms with Gasteiger partial charge in [-0.15, -0.1) is 0 Å². The van der Waals surface area contributed by atoms with Gasteiger partial charge >= 0.3 is 0 Å². The molecule has 1 aromatic rings. The molecule has 3 rings (SSSR count). The Bertz CT molecular complexity index is 542. The molecule has 0 bridgehead atoms. The quantitative estimate of drug-likeness (QED) is 0.502. The summed E-state index contributed by atoms with van der Waals surface area (Å²) < 4.78 is 33.8. The van der Waals surface area contributed by atoms with Gasteiger partial charge in [-0.1, -0.05) is 70.3 Å². The van der Waals surface area contributed by atoms with Crippen LogP contribution >= 0.6 is 0 Å². The zero-order valence-corrected chi connectivity index (χ0v) is 16.2. The lowest BCUT2D eigenvalue weighted by atomic mass is 9.68. The van der Waals surface area contributed by atoms with E-state index in [0.29, 0.717) is 24.5 Å². The number of halogens is 2. The highest BCUT2D eigenvalue weighted by Crippen LogP contribution is 2.42. The lowest BCUT2D eigenvalue weighted by molar-refractivity contribution is 0.134. The molecule has 1 aromatic carbocycles. The number of aryl methyl sites for hydroxylation is 1. The third-order valence-electron chi connectivity index (χ3n) is 6.68. The van der Waals surface area contributed by atoms with Crippen molar-refractivity contribution < 1.29 is 13.5 Å². The van der Waals surface area contributed by atoms with Gasteiger partial charge in [-0.3, -0.25) is 0 Å². The Hall–Kier alpha value is -1.12. The number of rotatable bonds is 7. The van der Waals surface area contributed by atoms with Gasteiger partial charge in [0.2, 0.25) is 5.82 Å². The monoisotopic (exact) mass is 364 g/mol. The average Bonchev–Trinajstić information content (AvgIpc) is 2.69. The first-order chi connectivity index (χ1) is 12.7. The van der Waals surface area contributed by atoms with Crippen molar-refractivity contribution in [2.75, 3.05) is 6.61 Å². The lowest BCUT2D eigenvalue weighted by Gasteiger charge is -2.38. The van der Waals surface area contributed by atoms with Gasteiger partial charge in [0.15, 0.2) is 11.6 Å². The molecule has 0 aromatic heterocycles. The Morgan fingerprint density at radius 2 is 1.46 bits per heavy atom. The molecular weight excluding hydrogens is 330 g/mol. The molecule has 0 heterocycles. The zero-order valence-electron chi connectivity index (χ0n) is 16.2. The molecule has 146 valence electrons. The fourth-order valence-corrected chi connectivity index (χ4v) is 5.33. The number of benzene rings is 1. The lowest BCUT2D eigenvalue weighted by Crippen LogP contribution is -2.28. The van der Waals surface area contributed by atoms with E-state index in [1.165, 1.54) is 64.2 Å². The normalized spacial score (nSPS) is 19.8. The predicted octanol–water partition coefficient (Wildman–Crippen LogP) is 7.07. The standard InChI is InChI=1S/C23H34F2O/c1-2-26-21-16-14-19(22(24)23(21)25)13-15-20(17-9-5-3-6-10-17)18-11-7-4-8-12-18/h14,16-18,20H,2-13,15H2,1H3. The van der Waals surface area contributed by atoms with E-state index >= 15 is 0 Å². The molecule has 2 aliphatic rings. The van der Waals surface area contributed by atoms with Gasteiger partial charge in [0.25, 0.3) is 0 Å². The summed E-state index contributed by atoms with van der Waals surface area (Å²) in [5.74, 6) is 0.776. The topological polar surface area (TPSA) is 9.23 Å². The van der Waals surface area contributed by atoms with Gasteiger partial charge in [-0.25, -0.2) is 4.39 Å². The first kappa shape index (κ1) is 19.6. The Kier molecular flexibility index (Phi) is 7.33. The van der Waals surface area contributed by atoms with E-state index < -0.39 is 11.6 Å². The SMILES string of the molecule is CCOc1ccc(CCC(C2CCCCC2)C2CCCCC2)c(F)c1F. The minimum atomic E-state index is -0.823. The minimum absolute atomic E-state index is 0.0323. The molecule has 2 aliphatic carbocycles. The van der Waals surface area contributed by atoms with E-state index in [4.69, 9.17) is 4.74 Å². The molecule has 0 amide bonds. The second-order valence-electron chi connectivity index (χ2n) is 8.28. The molecule has 1 nitrogen and oxygen atoms in total. The molecule has 2 fully saturated rings. The maximum atomic E-state index is 14.5. The highest BCUT2D eigenvalue weighted by molar-refractivity contribution is 5.31. The highest BCUT2D eigenvalue weighted by atomic mass is 19.2. The number of hydrogen-bond donors (Lipinski definition) is 0. The van der Waals surface area contributed by atoms with Crippen LogP contribution in [0.4, 0.5) is 8.78 Å². The fourth-order valence-electron chi connectivity index (χ4n) is 5.33. The second kappa shape index (κ2) is 9.71. The maximum Gasteiger partial charge on any atom is 0.200 e. The Morgan fingerprint density at radius 3 is 2.00 bits per heavy atom. The van der Waals surface area contributed by atoms with Crippen molar-refractivity contribution in [3.8, 4) is 5.75 Å². The molecule has 0 radical (unpaired) electrons. The van der Waals surface area contributed by atoms with E-state index in [9.17, 15) is 8.78 Å². The van der Waals surface area contributed by atoms with Crippen LogP contribution in [-0.4, -0.2) is 6.61 Å². The molecular formula is C23H34F2O. The summed E-state index contributed by atoms with van der Waals surface area (Å²) >= 11 is 0. The van der Waals surface area contributed by atoms with Gasteiger partial charge in [-0.05, 0) is 49.1 Å². The van der Waals surface area contributed by atoms with E-state index in [0.717, 1.165) is 18.3 Å². The second-order valence-corrected chi connectivity index (χ2v) is 8.28. The molecule has 2 saturated carbocycles. The van der Waals surface area contributed by atoms with E-state index in [-0.39, 0.29) is 5.75 Å². The molecule has 0 unspecified atom stereocenters. The van der Waals surface area contributed by atoms with Crippen LogP contribution in [0, 0.1) is 29.4 Å². The van der Waals surface area contributed by atoms with Gasteiger partial charge < -0.3 is 4.74 Å². The molecule has 0 saturated heterocycles. The minimum Gasteiger partial charge on any atom is -0.491 e. The van der Waals surface area contributed by atoms with Crippen molar-refractivity contribution in [1.82, 2.24) is 0 Å². The molecule has 0 atom stereocenters. The molecule has 0 spiro atoms. The Morgan fingerprint density at radius 1 is 0.885 bits per heavy atom. The molecule has 0 N–H and O–H groups in total. The van der Waals surface area contributed by atoms with Crippen molar-refractivity contribution in [2.45, 2.75) is 84.0 Å². The van der Waals surface area contributed by atoms with Gasteiger partial charge in [-0.2, -0.15) is 4.39 Å². The first-order valence-electron chi connectivity index (χ1n) is 10.8. The smallest absolute Gasteiger partial charge is 0.200 e. The van der Waals surface area contributed by atoms with Crippen molar-refractivity contribution >= 4 is 0 Å². The summed E-state index contributed by atoms with van der Waals surface area (Å²) in [6.45, 7) is 2.13. The summed E-state index contributed by atoms with van der Waals surface area (Å²) in [5.41, 5.74) is 0.516. The van der Waals surface area contributed by atoms with E-state index in [1.54, 1.807) is 19.1 Å².